The van der Waals surface area contributed by atoms with Crippen LogP contribution in [0, 0.1) is 11.3 Å². The third-order valence-electron chi connectivity index (χ3n) is 3.50. The summed E-state index contributed by atoms with van der Waals surface area (Å²) in [7, 11) is 0. The molecule has 0 unspecified atom stereocenters. The molecule has 118 valence electrons. The first-order valence-corrected chi connectivity index (χ1v) is 8.27. The second kappa shape index (κ2) is 6.91. The van der Waals surface area contributed by atoms with Crippen molar-refractivity contribution in [1.82, 2.24) is 4.90 Å². The van der Waals surface area contributed by atoms with Crippen molar-refractivity contribution in [2.24, 2.45) is 0 Å². The highest BCUT2D eigenvalue weighted by atomic mass is 35.5. The molecule has 1 aliphatic rings. The lowest BCUT2D eigenvalue weighted by molar-refractivity contribution is 0.0763. The Kier molecular flexibility index (Phi) is 4.70. The molecule has 0 atom stereocenters. The Hall–Kier alpha value is -2.55. The topological polar surface area (TPSA) is 61.2 Å². The molecule has 6 heteroatoms. The first kappa shape index (κ1) is 16.3. The maximum Gasteiger partial charge on any atom is 0.260 e. The summed E-state index contributed by atoms with van der Waals surface area (Å²) < 4.78 is 0. The Morgan fingerprint density at radius 1 is 1.21 bits per heavy atom. The average molecular weight is 355 g/mol. The molecule has 24 heavy (non-hydrogen) atoms. The maximum atomic E-state index is 12.7. The predicted octanol–water partition coefficient (Wildman–Crippen LogP) is 4.14. The van der Waals surface area contributed by atoms with Gasteiger partial charge in [0.05, 0.1) is 23.2 Å². The molecule has 0 spiro atoms. The van der Waals surface area contributed by atoms with Crippen LogP contribution in [-0.2, 0) is 0 Å². The van der Waals surface area contributed by atoms with E-state index in [9.17, 15) is 9.59 Å². The van der Waals surface area contributed by atoms with Gasteiger partial charge in [0.1, 0.15) is 0 Å². The molecule has 1 heterocycles. The molecular formula is C18H11ClN2O2S. The Morgan fingerprint density at radius 3 is 2.62 bits per heavy atom. The van der Waals surface area contributed by atoms with Crippen LogP contribution in [0.15, 0.2) is 64.5 Å². The number of Topliss-reactive ketones (excluding diaryl/α,β-unsaturated/α-hetero) is 1. The van der Waals surface area contributed by atoms with E-state index in [0.717, 1.165) is 4.90 Å². The molecule has 0 saturated carbocycles. The minimum absolute atomic E-state index is 0.130. The number of benzene rings is 2. The summed E-state index contributed by atoms with van der Waals surface area (Å²) >= 11 is 7.13. The van der Waals surface area contributed by atoms with E-state index in [2.05, 4.69) is 0 Å². The molecule has 2 aromatic carbocycles. The Morgan fingerprint density at radius 2 is 1.92 bits per heavy atom. The van der Waals surface area contributed by atoms with Crippen LogP contribution in [0.5, 0.6) is 0 Å². The van der Waals surface area contributed by atoms with E-state index in [1.165, 1.54) is 22.7 Å². The van der Waals surface area contributed by atoms with Crippen molar-refractivity contribution in [1.29, 1.82) is 5.26 Å². The van der Waals surface area contributed by atoms with Crippen LogP contribution in [0.1, 0.15) is 20.7 Å². The number of nitriles is 1. The second-order valence-electron chi connectivity index (χ2n) is 5.03. The van der Waals surface area contributed by atoms with E-state index < -0.39 is 0 Å². The van der Waals surface area contributed by atoms with Crippen LogP contribution in [0.3, 0.4) is 0 Å². The van der Waals surface area contributed by atoms with E-state index in [-0.39, 0.29) is 18.2 Å². The molecule has 1 aliphatic heterocycles. The van der Waals surface area contributed by atoms with E-state index in [1.54, 1.807) is 36.4 Å². The SMILES string of the molecule is N#CC=C1Sc2ccccc2C(=O)N1CC(=O)c1ccc(Cl)cc1. The van der Waals surface area contributed by atoms with Gasteiger partial charge < -0.3 is 0 Å². The van der Waals surface area contributed by atoms with Gasteiger partial charge in [0.2, 0.25) is 0 Å². The monoisotopic (exact) mass is 354 g/mol. The van der Waals surface area contributed by atoms with Crippen LogP contribution >= 0.6 is 23.4 Å². The van der Waals surface area contributed by atoms with Crippen molar-refractivity contribution < 1.29 is 9.59 Å². The van der Waals surface area contributed by atoms with Crippen LogP contribution in [-0.4, -0.2) is 23.1 Å². The number of hydrogen-bond donors (Lipinski definition) is 0. The molecular weight excluding hydrogens is 344 g/mol. The average Bonchev–Trinajstić information content (AvgIpc) is 2.59. The number of amides is 1. The first-order chi connectivity index (χ1) is 11.6. The number of carbonyl (C=O) groups excluding carboxylic acids is 2. The highest BCUT2D eigenvalue weighted by molar-refractivity contribution is 8.03. The number of hydrogen-bond acceptors (Lipinski definition) is 4. The predicted molar refractivity (Wildman–Crippen MR) is 92.8 cm³/mol. The summed E-state index contributed by atoms with van der Waals surface area (Å²) in [6, 6.07) is 15.6. The lowest BCUT2D eigenvalue weighted by atomic mass is 10.1. The minimum atomic E-state index is -0.284. The number of nitrogens with zero attached hydrogens (tertiary/aromatic N) is 2. The summed E-state index contributed by atoms with van der Waals surface area (Å²) in [6.45, 7) is -0.130. The highest BCUT2D eigenvalue weighted by Crippen LogP contribution is 2.38. The normalized spacial score (nSPS) is 15.1. The van der Waals surface area contributed by atoms with Gasteiger partial charge in [-0.15, -0.1) is 0 Å². The summed E-state index contributed by atoms with van der Waals surface area (Å²) in [6.07, 6.45) is 1.29. The van der Waals surface area contributed by atoms with Crippen molar-refractivity contribution in [3.8, 4) is 6.07 Å². The lowest BCUT2D eigenvalue weighted by Crippen LogP contribution is -2.36. The molecule has 2 aromatic rings. The quantitative estimate of drug-likeness (QED) is 0.614. The maximum absolute atomic E-state index is 12.7. The number of thioether (sulfide) groups is 1. The minimum Gasteiger partial charge on any atom is -0.294 e. The number of allylic oxidation sites excluding steroid dienone is 1. The first-order valence-electron chi connectivity index (χ1n) is 7.07. The van der Waals surface area contributed by atoms with Gasteiger partial charge in [-0.2, -0.15) is 5.26 Å². The summed E-state index contributed by atoms with van der Waals surface area (Å²) in [5, 5.41) is 9.96. The van der Waals surface area contributed by atoms with Gasteiger partial charge in [-0.05, 0) is 36.4 Å². The molecule has 0 radical (unpaired) electrons. The van der Waals surface area contributed by atoms with Gasteiger partial charge in [-0.3, -0.25) is 14.5 Å². The third-order valence-corrected chi connectivity index (χ3v) is 4.87. The van der Waals surface area contributed by atoms with E-state index in [4.69, 9.17) is 16.9 Å². The van der Waals surface area contributed by atoms with E-state index in [1.807, 2.05) is 18.2 Å². The molecule has 0 aromatic heterocycles. The zero-order chi connectivity index (χ0) is 17.1. The number of halogens is 1. The van der Waals surface area contributed by atoms with E-state index >= 15 is 0 Å². The third kappa shape index (κ3) is 3.21. The highest BCUT2D eigenvalue weighted by Gasteiger charge is 2.30. The van der Waals surface area contributed by atoms with Crippen molar-refractivity contribution in [2.75, 3.05) is 6.54 Å². The van der Waals surface area contributed by atoms with Gasteiger partial charge >= 0.3 is 0 Å². The van der Waals surface area contributed by atoms with Crippen LogP contribution in [0.2, 0.25) is 5.02 Å². The molecule has 3 rings (SSSR count). The smallest absolute Gasteiger partial charge is 0.260 e. The summed E-state index contributed by atoms with van der Waals surface area (Å²) in [5.74, 6) is -0.503. The van der Waals surface area contributed by atoms with E-state index in [0.29, 0.717) is 21.2 Å². The second-order valence-corrected chi connectivity index (χ2v) is 6.53. The van der Waals surface area contributed by atoms with Crippen LogP contribution in [0.25, 0.3) is 0 Å². The standard InChI is InChI=1S/C18H11ClN2O2S/c19-13-7-5-12(6-8-13)15(22)11-21-17(9-10-20)24-16-4-2-1-3-14(16)18(21)23/h1-9H,11H2. The number of rotatable bonds is 3. The molecule has 0 saturated heterocycles. The van der Waals surface area contributed by atoms with Gasteiger partial charge in [-0.25, -0.2) is 0 Å². The molecule has 1 amide bonds. The van der Waals surface area contributed by atoms with Crippen molar-refractivity contribution in [3.63, 3.8) is 0 Å². The molecule has 4 nitrogen and oxygen atoms in total. The van der Waals surface area contributed by atoms with Gasteiger partial charge in [0.15, 0.2) is 5.78 Å². The summed E-state index contributed by atoms with van der Waals surface area (Å²) in [4.78, 5) is 27.3. The Balaban J connectivity index is 1.92. The fourth-order valence-electron chi connectivity index (χ4n) is 2.33. The molecule has 0 aliphatic carbocycles. The Labute approximate surface area is 148 Å². The fourth-order valence-corrected chi connectivity index (χ4v) is 3.46. The van der Waals surface area contributed by atoms with Crippen molar-refractivity contribution >= 4 is 35.1 Å². The zero-order valence-corrected chi connectivity index (χ0v) is 14.0. The fraction of sp³-hybridized carbons (Fsp3) is 0.0556. The van der Waals surface area contributed by atoms with Gasteiger partial charge in [-0.1, -0.05) is 35.5 Å². The van der Waals surface area contributed by atoms with Crippen molar-refractivity contribution in [3.05, 3.63) is 75.8 Å². The van der Waals surface area contributed by atoms with Crippen LogP contribution in [0.4, 0.5) is 0 Å². The van der Waals surface area contributed by atoms with Crippen molar-refractivity contribution in [2.45, 2.75) is 4.90 Å². The zero-order valence-electron chi connectivity index (χ0n) is 12.4. The summed E-state index contributed by atoms with van der Waals surface area (Å²) in [5.41, 5.74) is 0.994. The van der Waals surface area contributed by atoms with Gasteiger partial charge in [0, 0.05) is 21.6 Å². The lowest BCUT2D eigenvalue weighted by Gasteiger charge is -2.29. The number of fused-ring (bicyclic) bond motifs is 1. The molecule has 0 fully saturated rings. The Bertz CT molecular complexity index is 885. The van der Waals surface area contributed by atoms with Crippen LogP contribution < -0.4 is 0 Å². The largest absolute Gasteiger partial charge is 0.294 e. The molecule has 0 bridgehead atoms. The number of ketones is 1. The molecule has 0 N–H and O–H groups in total. The number of carbonyl (C=O) groups is 2. The van der Waals surface area contributed by atoms with Gasteiger partial charge in [0.25, 0.3) is 5.91 Å².